The summed E-state index contributed by atoms with van der Waals surface area (Å²) in [5.41, 5.74) is 0. The highest BCUT2D eigenvalue weighted by Crippen LogP contribution is 2.60. The first kappa shape index (κ1) is 22.6. The van der Waals surface area contributed by atoms with Gasteiger partial charge in [0.2, 0.25) is 0 Å². The van der Waals surface area contributed by atoms with Crippen LogP contribution in [0.3, 0.4) is 0 Å². The molecule has 0 spiro atoms. The lowest BCUT2D eigenvalue weighted by Gasteiger charge is -2.39. The Balaban J connectivity index is 6.16. The van der Waals surface area contributed by atoms with Gasteiger partial charge < -0.3 is 0 Å². The van der Waals surface area contributed by atoms with Crippen LogP contribution in [-0.4, -0.2) is 35.8 Å². The Hall–Kier alpha value is -1.42. The zero-order valence-corrected chi connectivity index (χ0v) is 11.1. The first-order chi connectivity index (χ1) is 10.2. The molecule has 24 heavy (non-hydrogen) atoms. The maximum absolute atomic E-state index is 13.1. The SMILES string of the molecule is C[C@H](C#N)CC(F)(F)C(F)(F)C(F)(F)C(F)(F)C(F)(F)C(F)(F)F. The Labute approximate surface area is 125 Å². The van der Waals surface area contributed by atoms with E-state index < -0.39 is 48.1 Å². The molecule has 0 aromatic rings. The summed E-state index contributed by atoms with van der Waals surface area (Å²) in [7, 11) is 0. The second-order valence-electron chi connectivity index (χ2n) is 4.73. The number of halogens is 13. The van der Waals surface area contributed by atoms with Gasteiger partial charge in [0.05, 0.1) is 6.07 Å². The van der Waals surface area contributed by atoms with Crippen molar-refractivity contribution in [1.82, 2.24) is 0 Å². The minimum Gasteiger partial charge on any atom is -0.200 e. The number of hydrogen-bond acceptors (Lipinski definition) is 1. The Morgan fingerprint density at radius 2 is 1.00 bits per heavy atom. The quantitative estimate of drug-likeness (QED) is 0.570. The molecule has 0 bridgehead atoms. The Kier molecular flexibility index (Phi) is 5.49. The summed E-state index contributed by atoms with van der Waals surface area (Å²) in [6.45, 7) is 0.477. The average molecular weight is 387 g/mol. The second kappa shape index (κ2) is 5.83. The third-order valence-electron chi connectivity index (χ3n) is 2.78. The van der Waals surface area contributed by atoms with Crippen molar-refractivity contribution in [2.75, 3.05) is 0 Å². The van der Waals surface area contributed by atoms with Crippen molar-refractivity contribution in [3.05, 3.63) is 0 Å². The highest BCUT2D eigenvalue weighted by atomic mass is 19.4. The van der Waals surface area contributed by atoms with E-state index in [0.29, 0.717) is 6.92 Å². The minimum absolute atomic E-state index is 0.477. The molecule has 0 fully saturated rings. The Morgan fingerprint density at radius 1 is 0.667 bits per heavy atom. The molecule has 0 saturated heterocycles. The second-order valence-corrected chi connectivity index (χ2v) is 4.73. The summed E-state index contributed by atoms with van der Waals surface area (Å²) >= 11 is 0. The van der Waals surface area contributed by atoms with E-state index in [1.807, 2.05) is 0 Å². The first-order valence-electron chi connectivity index (χ1n) is 5.56. The van der Waals surface area contributed by atoms with Crippen LogP contribution in [0.2, 0.25) is 0 Å². The molecule has 0 aliphatic rings. The summed E-state index contributed by atoms with van der Waals surface area (Å²) in [6.07, 6.45) is -9.91. The molecule has 1 atom stereocenters. The smallest absolute Gasteiger partial charge is 0.200 e. The van der Waals surface area contributed by atoms with Crippen LogP contribution in [0.4, 0.5) is 57.1 Å². The predicted octanol–water partition coefficient (Wildman–Crippen LogP) is 5.27. The van der Waals surface area contributed by atoms with Crippen LogP contribution in [0, 0.1) is 17.2 Å². The lowest BCUT2D eigenvalue weighted by molar-refractivity contribution is -0.440. The Morgan fingerprint density at radius 3 is 1.29 bits per heavy atom. The topological polar surface area (TPSA) is 23.8 Å². The van der Waals surface area contributed by atoms with Crippen molar-refractivity contribution in [3.8, 4) is 6.07 Å². The van der Waals surface area contributed by atoms with Crippen LogP contribution >= 0.6 is 0 Å². The number of nitrogens with zero attached hydrogens (tertiary/aromatic N) is 1. The molecule has 0 aliphatic carbocycles. The fourth-order valence-corrected chi connectivity index (χ4v) is 1.36. The van der Waals surface area contributed by atoms with E-state index in [0.717, 1.165) is 6.07 Å². The Bertz CT molecular complexity index is 498. The molecule has 0 rings (SSSR count). The summed E-state index contributed by atoms with van der Waals surface area (Å²) < 4.78 is 164. The third-order valence-corrected chi connectivity index (χ3v) is 2.78. The fourth-order valence-electron chi connectivity index (χ4n) is 1.36. The summed E-state index contributed by atoms with van der Waals surface area (Å²) in [5.74, 6) is -39.1. The monoisotopic (exact) mass is 387 g/mol. The number of rotatable bonds is 6. The van der Waals surface area contributed by atoms with Crippen molar-refractivity contribution in [2.24, 2.45) is 5.92 Å². The third kappa shape index (κ3) is 3.08. The van der Waals surface area contributed by atoms with E-state index in [4.69, 9.17) is 5.26 Å². The molecule has 0 aromatic heterocycles. The number of hydrogen-bond donors (Lipinski definition) is 0. The molecule has 1 nitrogen and oxygen atoms in total. The van der Waals surface area contributed by atoms with E-state index in [-0.39, 0.29) is 0 Å². The normalized spacial score (nSPS) is 16.7. The molecule has 0 heterocycles. The van der Waals surface area contributed by atoms with Crippen molar-refractivity contribution in [3.63, 3.8) is 0 Å². The lowest BCUT2D eigenvalue weighted by atomic mass is 9.90. The summed E-state index contributed by atoms with van der Waals surface area (Å²) in [4.78, 5) is 0. The zero-order chi connectivity index (χ0) is 20.0. The van der Waals surface area contributed by atoms with E-state index in [9.17, 15) is 57.1 Å². The molecule has 0 radical (unpaired) electrons. The molecular formula is C10H6F13N. The van der Waals surface area contributed by atoms with Crippen LogP contribution < -0.4 is 0 Å². The first-order valence-corrected chi connectivity index (χ1v) is 5.56. The largest absolute Gasteiger partial charge is 0.460 e. The van der Waals surface area contributed by atoms with E-state index in [1.165, 1.54) is 0 Å². The molecule has 0 saturated carbocycles. The van der Waals surface area contributed by atoms with Crippen LogP contribution in [0.5, 0.6) is 0 Å². The molecule has 0 aromatic carbocycles. The van der Waals surface area contributed by atoms with E-state index >= 15 is 0 Å². The van der Waals surface area contributed by atoms with Gasteiger partial charge in [0.25, 0.3) is 0 Å². The van der Waals surface area contributed by atoms with Crippen molar-refractivity contribution < 1.29 is 57.1 Å². The van der Waals surface area contributed by atoms with E-state index in [2.05, 4.69) is 0 Å². The van der Waals surface area contributed by atoms with Crippen LogP contribution in [0.25, 0.3) is 0 Å². The van der Waals surface area contributed by atoms with Gasteiger partial charge in [0, 0.05) is 12.3 Å². The van der Waals surface area contributed by atoms with Gasteiger partial charge in [-0.2, -0.15) is 62.3 Å². The molecular weight excluding hydrogens is 381 g/mol. The molecule has 14 heteroatoms. The highest BCUT2D eigenvalue weighted by molar-refractivity contribution is 5.10. The lowest BCUT2D eigenvalue weighted by Crippen LogP contribution is -2.70. The summed E-state index contributed by atoms with van der Waals surface area (Å²) in [6, 6.07) is 0.864. The van der Waals surface area contributed by atoms with Crippen molar-refractivity contribution in [1.29, 1.82) is 5.26 Å². The molecule has 0 amide bonds. The van der Waals surface area contributed by atoms with Gasteiger partial charge in [-0.3, -0.25) is 0 Å². The van der Waals surface area contributed by atoms with Gasteiger partial charge >= 0.3 is 35.8 Å². The maximum Gasteiger partial charge on any atom is 0.460 e. The molecule has 0 N–H and O–H groups in total. The summed E-state index contributed by atoms with van der Waals surface area (Å²) in [5, 5.41) is 8.13. The number of alkyl halides is 13. The van der Waals surface area contributed by atoms with Gasteiger partial charge in [-0.15, -0.1) is 0 Å². The zero-order valence-electron chi connectivity index (χ0n) is 11.1. The maximum atomic E-state index is 13.1. The van der Waals surface area contributed by atoms with Crippen molar-refractivity contribution >= 4 is 0 Å². The van der Waals surface area contributed by atoms with Crippen LogP contribution in [-0.2, 0) is 0 Å². The molecule has 142 valence electrons. The standard InChI is InChI=1S/C10H6F13N/c1-4(3-24)2-5(11,12)6(13,14)7(15,16)8(17,18)9(19,20)10(21,22)23/h4H,2H2,1H3/t4-/m0/s1. The van der Waals surface area contributed by atoms with Gasteiger partial charge in [-0.1, -0.05) is 0 Å². The average Bonchev–Trinajstić information content (AvgIpc) is 2.35. The van der Waals surface area contributed by atoms with Crippen LogP contribution in [0.1, 0.15) is 13.3 Å². The fraction of sp³-hybridized carbons (Fsp3) is 0.900. The molecule has 0 unspecified atom stereocenters. The van der Waals surface area contributed by atoms with Crippen molar-refractivity contribution in [2.45, 2.75) is 49.1 Å². The van der Waals surface area contributed by atoms with Gasteiger partial charge in [-0.25, -0.2) is 0 Å². The predicted molar refractivity (Wildman–Crippen MR) is 50.2 cm³/mol. The van der Waals surface area contributed by atoms with Crippen LogP contribution in [0.15, 0.2) is 0 Å². The minimum atomic E-state index is -7.90. The van der Waals surface area contributed by atoms with Gasteiger partial charge in [-0.05, 0) is 6.92 Å². The number of nitriles is 1. The highest BCUT2D eigenvalue weighted by Gasteiger charge is 2.90. The van der Waals surface area contributed by atoms with E-state index in [1.54, 1.807) is 0 Å². The molecule has 0 aliphatic heterocycles. The van der Waals surface area contributed by atoms with Gasteiger partial charge in [0.1, 0.15) is 0 Å². The van der Waals surface area contributed by atoms with Gasteiger partial charge in [0.15, 0.2) is 0 Å².